The van der Waals surface area contributed by atoms with Gasteiger partial charge in [-0.15, -0.1) is 5.10 Å². The summed E-state index contributed by atoms with van der Waals surface area (Å²) in [5.41, 5.74) is 0.387. The third kappa shape index (κ3) is 2.55. The van der Waals surface area contributed by atoms with Crippen LogP contribution in [0, 0.1) is 23.2 Å². The molecule has 4 aliphatic rings. The fraction of sp³-hybridized carbons (Fsp3) is 0.824. The third-order valence-electron chi connectivity index (χ3n) is 6.42. The zero-order chi connectivity index (χ0) is 15.2. The second kappa shape index (κ2) is 5.36. The smallest absolute Gasteiger partial charge is 0.222 e. The van der Waals surface area contributed by atoms with Crippen molar-refractivity contribution in [1.29, 1.82) is 0 Å². The molecular formula is C17H26N4O. The summed E-state index contributed by atoms with van der Waals surface area (Å²) in [5, 5.41) is 11.0. The molecule has 0 spiro atoms. The van der Waals surface area contributed by atoms with E-state index in [9.17, 15) is 4.79 Å². The van der Waals surface area contributed by atoms with Gasteiger partial charge in [-0.05, 0) is 68.6 Å². The molecule has 5 rings (SSSR count). The minimum Gasteiger partial charge on any atom is -0.353 e. The fourth-order valence-corrected chi connectivity index (χ4v) is 5.74. The van der Waals surface area contributed by atoms with E-state index in [1.807, 2.05) is 0 Å². The molecular weight excluding hydrogens is 276 g/mol. The van der Waals surface area contributed by atoms with Crippen molar-refractivity contribution in [3.63, 3.8) is 0 Å². The van der Waals surface area contributed by atoms with Crippen LogP contribution in [0.4, 0.5) is 0 Å². The average molecular weight is 302 g/mol. The van der Waals surface area contributed by atoms with Crippen molar-refractivity contribution in [3.05, 3.63) is 12.4 Å². The first kappa shape index (κ1) is 14.2. The van der Waals surface area contributed by atoms with Crippen molar-refractivity contribution in [1.82, 2.24) is 20.3 Å². The Morgan fingerprint density at radius 1 is 1.27 bits per heavy atom. The van der Waals surface area contributed by atoms with Crippen molar-refractivity contribution in [2.24, 2.45) is 23.2 Å². The minimum atomic E-state index is 0.152. The molecule has 1 atom stereocenters. The van der Waals surface area contributed by atoms with Crippen LogP contribution in [0.25, 0.3) is 0 Å². The Kier molecular flexibility index (Phi) is 3.46. The fourth-order valence-electron chi connectivity index (χ4n) is 5.74. The minimum absolute atomic E-state index is 0.152. The van der Waals surface area contributed by atoms with Crippen LogP contribution in [-0.2, 0) is 11.3 Å². The molecule has 1 N–H and O–H groups in total. The highest BCUT2D eigenvalue weighted by Gasteiger charge is 2.53. The Hall–Kier alpha value is -1.39. The first-order chi connectivity index (χ1) is 10.6. The van der Waals surface area contributed by atoms with Crippen molar-refractivity contribution >= 4 is 5.91 Å². The number of hydrogen-bond acceptors (Lipinski definition) is 3. The summed E-state index contributed by atoms with van der Waals surface area (Å²) in [6, 6.07) is 0.309. The van der Waals surface area contributed by atoms with Crippen LogP contribution in [-0.4, -0.2) is 26.9 Å². The van der Waals surface area contributed by atoms with E-state index < -0.39 is 0 Å². The average Bonchev–Trinajstić information content (AvgIpc) is 2.97. The summed E-state index contributed by atoms with van der Waals surface area (Å²) in [5.74, 6) is 2.95. The lowest BCUT2D eigenvalue weighted by Crippen LogP contribution is -2.55. The molecule has 22 heavy (non-hydrogen) atoms. The maximum atomic E-state index is 12.3. The van der Waals surface area contributed by atoms with Crippen LogP contribution in [0.5, 0.6) is 0 Å². The van der Waals surface area contributed by atoms with E-state index in [-0.39, 0.29) is 5.91 Å². The van der Waals surface area contributed by atoms with E-state index in [0.29, 0.717) is 24.4 Å². The number of carbonyl (C=O) groups excluding carboxylic acids is 1. The van der Waals surface area contributed by atoms with Gasteiger partial charge in [0.15, 0.2) is 0 Å². The van der Waals surface area contributed by atoms with Crippen LogP contribution in [0.1, 0.15) is 51.9 Å². The second-order valence-electron chi connectivity index (χ2n) is 7.99. The highest BCUT2D eigenvalue weighted by atomic mass is 16.1. The SMILES string of the molecule is CC(NC(=O)CCn1ccnn1)C12CC3CC(CC(C3)C1)C2. The lowest BCUT2D eigenvalue weighted by Gasteiger charge is -2.59. The lowest BCUT2D eigenvalue weighted by atomic mass is 9.48. The summed E-state index contributed by atoms with van der Waals surface area (Å²) in [6.45, 7) is 2.85. The Bertz CT molecular complexity index is 504. The summed E-state index contributed by atoms with van der Waals surface area (Å²) in [4.78, 5) is 12.3. The predicted octanol–water partition coefficient (Wildman–Crippen LogP) is 2.39. The third-order valence-corrected chi connectivity index (χ3v) is 6.42. The van der Waals surface area contributed by atoms with E-state index in [0.717, 1.165) is 17.8 Å². The molecule has 5 heteroatoms. The predicted molar refractivity (Wildman–Crippen MR) is 82.8 cm³/mol. The van der Waals surface area contributed by atoms with E-state index in [1.54, 1.807) is 17.1 Å². The van der Waals surface area contributed by atoms with Crippen LogP contribution in [0.15, 0.2) is 12.4 Å². The van der Waals surface area contributed by atoms with Gasteiger partial charge in [-0.25, -0.2) is 0 Å². The zero-order valence-electron chi connectivity index (χ0n) is 13.4. The zero-order valence-corrected chi connectivity index (χ0v) is 13.4. The van der Waals surface area contributed by atoms with E-state index in [4.69, 9.17) is 0 Å². The van der Waals surface area contributed by atoms with Gasteiger partial charge in [-0.3, -0.25) is 9.48 Å². The Morgan fingerprint density at radius 2 is 1.91 bits per heavy atom. The molecule has 1 aromatic heterocycles. The number of carbonyl (C=O) groups is 1. The summed E-state index contributed by atoms with van der Waals surface area (Å²) in [6.07, 6.45) is 12.3. The van der Waals surface area contributed by atoms with E-state index in [2.05, 4.69) is 22.6 Å². The number of nitrogens with one attached hydrogen (secondary N) is 1. The van der Waals surface area contributed by atoms with Gasteiger partial charge in [0.25, 0.3) is 0 Å². The van der Waals surface area contributed by atoms with Gasteiger partial charge in [0, 0.05) is 18.7 Å². The monoisotopic (exact) mass is 302 g/mol. The topological polar surface area (TPSA) is 59.8 Å². The number of aromatic nitrogens is 3. The number of aryl methyl sites for hydroxylation is 1. The van der Waals surface area contributed by atoms with Crippen LogP contribution < -0.4 is 5.32 Å². The number of rotatable bonds is 5. The Morgan fingerprint density at radius 3 is 2.45 bits per heavy atom. The molecule has 120 valence electrons. The lowest BCUT2D eigenvalue weighted by molar-refractivity contribution is -0.126. The molecule has 4 aliphatic carbocycles. The molecule has 0 aliphatic heterocycles. The highest BCUT2D eigenvalue weighted by Crippen LogP contribution is 2.61. The number of amides is 1. The van der Waals surface area contributed by atoms with Gasteiger partial charge in [0.1, 0.15) is 0 Å². The standard InChI is InChI=1S/C17H26N4O/c1-12(19-16(22)2-4-21-5-3-18-20-21)17-9-13-6-14(10-17)8-15(7-13)11-17/h3,5,12-15H,2,4,6-11H2,1H3,(H,19,22). The van der Waals surface area contributed by atoms with E-state index in [1.165, 1.54) is 38.5 Å². The molecule has 5 nitrogen and oxygen atoms in total. The molecule has 1 unspecified atom stereocenters. The molecule has 4 bridgehead atoms. The van der Waals surface area contributed by atoms with Crippen molar-refractivity contribution in [3.8, 4) is 0 Å². The van der Waals surface area contributed by atoms with Gasteiger partial charge in [-0.1, -0.05) is 5.21 Å². The van der Waals surface area contributed by atoms with Crippen LogP contribution in [0.3, 0.4) is 0 Å². The number of nitrogens with zero attached hydrogens (tertiary/aromatic N) is 3. The Labute approximate surface area is 131 Å². The molecule has 1 aromatic rings. The van der Waals surface area contributed by atoms with E-state index >= 15 is 0 Å². The normalized spacial score (nSPS) is 37.2. The van der Waals surface area contributed by atoms with Crippen molar-refractivity contribution in [2.75, 3.05) is 0 Å². The van der Waals surface area contributed by atoms with Gasteiger partial charge in [-0.2, -0.15) is 0 Å². The van der Waals surface area contributed by atoms with Crippen LogP contribution >= 0.6 is 0 Å². The maximum Gasteiger partial charge on any atom is 0.222 e. The van der Waals surface area contributed by atoms with Gasteiger partial charge < -0.3 is 5.32 Å². The first-order valence-electron chi connectivity index (χ1n) is 8.76. The molecule has 1 heterocycles. The summed E-state index contributed by atoms with van der Waals surface area (Å²) < 4.78 is 1.72. The summed E-state index contributed by atoms with van der Waals surface area (Å²) >= 11 is 0. The van der Waals surface area contributed by atoms with Crippen molar-refractivity contribution in [2.45, 2.75) is 64.5 Å². The van der Waals surface area contributed by atoms with Crippen LogP contribution in [0.2, 0.25) is 0 Å². The van der Waals surface area contributed by atoms with Gasteiger partial charge in [0.2, 0.25) is 5.91 Å². The molecule has 1 amide bonds. The second-order valence-corrected chi connectivity index (χ2v) is 7.99. The maximum absolute atomic E-state index is 12.3. The molecule has 4 fully saturated rings. The quantitative estimate of drug-likeness (QED) is 0.908. The van der Waals surface area contributed by atoms with Gasteiger partial charge >= 0.3 is 0 Å². The number of hydrogen-bond donors (Lipinski definition) is 1. The Balaban J connectivity index is 1.35. The molecule has 0 radical (unpaired) electrons. The van der Waals surface area contributed by atoms with Crippen molar-refractivity contribution < 1.29 is 4.79 Å². The molecule has 0 aromatic carbocycles. The largest absolute Gasteiger partial charge is 0.353 e. The van der Waals surface area contributed by atoms with Gasteiger partial charge in [0.05, 0.1) is 12.7 Å². The molecule has 0 saturated heterocycles. The first-order valence-corrected chi connectivity index (χ1v) is 8.76. The highest BCUT2D eigenvalue weighted by molar-refractivity contribution is 5.76. The summed E-state index contributed by atoms with van der Waals surface area (Å²) in [7, 11) is 0. The molecule has 4 saturated carbocycles.